The van der Waals surface area contributed by atoms with E-state index in [1.165, 1.54) is 126 Å². The van der Waals surface area contributed by atoms with Gasteiger partial charge in [-0.05, 0) is 176 Å². The van der Waals surface area contributed by atoms with Crippen molar-refractivity contribution in [2.45, 2.75) is 19.3 Å². The highest BCUT2D eigenvalue weighted by Crippen LogP contribution is 2.53. The average molecular weight is 1140 g/mol. The van der Waals surface area contributed by atoms with E-state index >= 15 is 0 Å². The minimum atomic E-state index is -0.301. The van der Waals surface area contributed by atoms with Crippen LogP contribution in [0.1, 0.15) is 25.0 Å². The van der Waals surface area contributed by atoms with E-state index in [2.05, 4.69) is 348 Å². The molecule has 0 aliphatic heterocycles. The highest BCUT2D eigenvalue weighted by Gasteiger charge is 2.37. The normalized spacial score (nSPS) is 12.7. The van der Waals surface area contributed by atoms with Crippen LogP contribution in [0.15, 0.2) is 315 Å². The summed E-state index contributed by atoms with van der Waals surface area (Å²) in [6, 6.07) is 117. The molecule has 0 bridgehead atoms. The summed E-state index contributed by atoms with van der Waals surface area (Å²) in [7, 11) is 0. The molecule has 4 nitrogen and oxygen atoms in total. The van der Waals surface area contributed by atoms with Crippen LogP contribution in [0, 0.1) is 0 Å². The second-order valence-corrected chi connectivity index (χ2v) is 24.4. The smallest absolute Gasteiger partial charge is 0.0547 e. The number of aromatic nitrogens is 3. The third-order valence-corrected chi connectivity index (χ3v) is 19.2. The quantitative estimate of drug-likeness (QED) is 0.141. The predicted octanol–water partition coefficient (Wildman–Crippen LogP) is 22.9. The van der Waals surface area contributed by atoms with E-state index in [0.717, 1.165) is 39.7 Å². The number of para-hydroxylation sites is 6. The Kier molecular flexibility index (Phi) is 11.3. The fourth-order valence-corrected chi connectivity index (χ4v) is 15.0. The molecular formula is C85H58N4. The van der Waals surface area contributed by atoms with Crippen LogP contribution >= 0.6 is 0 Å². The van der Waals surface area contributed by atoms with Crippen LogP contribution < -0.4 is 4.90 Å². The first-order valence-electron chi connectivity index (χ1n) is 30.9. The summed E-state index contributed by atoms with van der Waals surface area (Å²) >= 11 is 0. The van der Waals surface area contributed by atoms with Crippen LogP contribution in [0.5, 0.6) is 0 Å². The number of fused-ring (bicyclic) bond motifs is 13. The molecule has 0 N–H and O–H groups in total. The van der Waals surface area contributed by atoms with E-state index in [-0.39, 0.29) is 5.41 Å². The highest BCUT2D eigenvalue weighted by molar-refractivity contribution is 6.14. The zero-order valence-electron chi connectivity index (χ0n) is 49.3. The van der Waals surface area contributed by atoms with Gasteiger partial charge < -0.3 is 18.6 Å². The molecule has 4 heteroatoms. The second-order valence-electron chi connectivity index (χ2n) is 24.4. The molecule has 17 aromatic rings. The Bertz CT molecular complexity index is 5690. The summed E-state index contributed by atoms with van der Waals surface area (Å²) in [5.41, 5.74) is 26.0. The molecule has 418 valence electrons. The average Bonchev–Trinajstić information content (AvgIpc) is 1.72. The Labute approximate surface area is 516 Å². The Balaban J connectivity index is 0.772. The number of nitrogens with zero attached hydrogens (tertiary/aromatic N) is 4. The van der Waals surface area contributed by atoms with Crippen LogP contribution in [0.25, 0.3) is 138 Å². The van der Waals surface area contributed by atoms with Crippen molar-refractivity contribution in [2.24, 2.45) is 0 Å². The lowest BCUT2D eigenvalue weighted by atomic mass is 9.81. The van der Waals surface area contributed by atoms with Gasteiger partial charge in [0.2, 0.25) is 0 Å². The van der Waals surface area contributed by atoms with Gasteiger partial charge in [-0.1, -0.05) is 214 Å². The fraction of sp³-hybridized carbons (Fsp3) is 0.0353. The van der Waals surface area contributed by atoms with Crippen molar-refractivity contribution in [3.05, 3.63) is 327 Å². The Hall–Kier alpha value is -11.5. The number of benzene rings is 14. The van der Waals surface area contributed by atoms with Crippen LogP contribution in [-0.4, -0.2) is 13.7 Å². The second kappa shape index (κ2) is 19.8. The molecular weight excluding hydrogens is 1080 g/mol. The molecule has 0 spiro atoms. The van der Waals surface area contributed by atoms with Crippen molar-refractivity contribution in [1.82, 2.24) is 13.7 Å². The van der Waals surface area contributed by atoms with Gasteiger partial charge in [0.15, 0.2) is 0 Å². The van der Waals surface area contributed by atoms with Gasteiger partial charge in [-0.25, -0.2) is 0 Å². The van der Waals surface area contributed by atoms with Gasteiger partial charge in [-0.2, -0.15) is 0 Å². The Morgan fingerprint density at radius 3 is 1.21 bits per heavy atom. The van der Waals surface area contributed by atoms with Gasteiger partial charge in [0, 0.05) is 71.6 Å². The summed E-state index contributed by atoms with van der Waals surface area (Å²) in [6.07, 6.45) is 0. The van der Waals surface area contributed by atoms with Crippen LogP contribution in [0.3, 0.4) is 0 Å². The van der Waals surface area contributed by atoms with Crippen molar-refractivity contribution in [3.63, 3.8) is 0 Å². The summed E-state index contributed by atoms with van der Waals surface area (Å²) in [5.74, 6) is 0. The minimum absolute atomic E-state index is 0.301. The minimum Gasteiger partial charge on any atom is -0.310 e. The fourth-order valence-electron chi connectivity index (χ4n) is 15.0. The zero-order valence-corrected chi connectivity index (χ0v) is 49.3. The van der Waals surface area contributed by atoms with Gasteiger partial charge >= 0.3 is 0 Å². The Morgan fingerprint density at radius 1 is 0.236 bits per heavy atom. The maximum Gasteiger partial charge on any atom is 0.0547 e. The number of anilines is 3. The Morgan fingerprint density at radius 2 is 0.618 bits per heavy atom. The number of hydrogen-bond donors (Lipinski definition) is 0. The summed E-state index contributed by atoms with van der Waals surface area (Å²) in [5, 5.41) is 9.86. The molecule has 0 amide bonds. The molecule has 0 saturated carbocycles. The monoisotopic (exact) mass is 1130 g/mol. The van der Waals surface area contributed by atoms with Crippen LogP contribution in [-0.2, 0) is 5.41 Å². The molecule has 0 atom stereocenters. The van der Waals surface area contributed by atoms with Gasteiger partial charge in [-0.15, -0.1) is 0 Å². The van der Waals surface area contributed by atoms with E-state index in [4.69, 9.17) is 0 Å². The molecule has 0 saturated heterocycles. The molecule has 0 fully saturated rings. The van der Waals surface area contributed by atoms with Crippen molar-refractivity contribution in [3.8, 4) is 61.6 Å². The molecule has 1 aliphatic carbocycles. The zero-order chi connectivity index (χ0) is 58.9. The van der Waals surface area contributed by atoms with Crippen molar-refractivity contribution in [1.29, 1.82) is 0 Å². The van der Waals surface area contributed by atoms with Gasteiger partial charge in [-0.3, -0.25) is 0 Å². The molecule has 0 unspecified atom stereocenters. The lowest BCUT2D eigenvalue weighted by molar-refractivity contribution is 0.660. The van der Waals surface area contributed by atoms with Gasteiger partial charge in [0.1, 0.15) is 0 Å². The van der Waals surface area contributed by atoms with Crippen LogP contribution in [0.2, 0.25) is 0 Å². The number of hydrogen-bond acceptors (Lipinski definition) is 1. The van der Waals surface area contributed by atoms with E-state index in [1.807, 2.05) is 0 Å². The largest absolute Gasteiger partial charge is 0.310 e. The summed E-state index contributed by atoms with van der Waals surface area (Å²) in [6.45, 7) is 4.82. The topological polar surface area (TPSA) is 18.0 Å². The van der Waals surface area contributed by atoms with Crippen molar-refractivity contribution in [2.75, 3.05) is 4.90 Å². The van der Waals surface area contributed by atoms with Gasteiger partial charge in [0.25, 0.3) is 0 Å². The maximum atomic E-state index is 2.49. The molecule has 3 aromatic heterocycles. The molecule has 18 rings (SSSR count). The molecule has 89 heavy (non-hydrogen) atoms. The first kappa shape index (κ1) is 50.8. The lowest BCUT2D eigenvalue weighted by Crippen LogP contribution is -2.17. The van der Waals surface area contributed by atoms with E-state index in [1.54, 1.807) is 0 Å². The highest BCUT2D eigenvalue weighted by atomic mass is 15.1. The van der Waals surface area contributed by atoms with Crippen molar-refractivity contribution < 1.29 is 0 Å². The maximum absolute atomic E-state index is 2.49. The standard InChI is InChI=1S/C85H58N4/c1-85(2)76-51-57(58-37-44-73-70-28-14-17-31-78(70)88(83(73)52-58)61-22-8-4-9-23-61)36-43-67(76)68-46-42-64(54-77(68)85)86(63-40-34-55(35-41-63)56-39-48-82-75(50-56)72-30-16-19-33-80(72)87(82)60-20-6-3-7-21-60)81-49-47-65(66-26-12-13-27-69(66)81)59-38-45-74-71-29-15-18-32-79(71)89(84(74)53-59)62-24-10-5-11-25-62/h3-54H,1-2H3. The third-order valence-electron chi connectivity index (χ3n) is 19.2. The summed E-state index contributed by atoms with van der Waals surface area (Å²) < 4.78 is 7.21. The SMILES string of the molecule is CC1(C)c2cc(-c3ccc4c5ccccc5n(-c5ccccc5)c4c3)ccc2-c2ccc(N(c3ccc(-c4ccc5c(c4)c4ccccc4n5-c4ccccc4)cc3)c3ccc(-c4ccc5c6ccccc6n(-c6ccccc6)c5c4)c4ccccc34)cc21. The molecule has 14 aromatic carbocycles. The van der Waals surface area contributed by atoms with E-state index < -0.39 is 0 Å². The molecule has 0 radical (unpaired) electrons. The number of rotatable bonds is 9. The molecule has 3 heterocycles. The predicted molar refractivity (Wildman–Crippen MR) is 376 cm³/mol. The van der Waals surface area contributed by atoms with Crippen LogP contribution in [0.4, 0.5) is 17.1 Å². The van der Waals surface area contributed by atoms with E-state index in [9.17, 15) is 0 Å². The van der Waals surface area contributed by atoms with Crippen molar-refractivity contribution >= 4 is 93.3 Å². The summed E-state index contributed by atoms with van der Waals surface area (Å²) in [4.78, 5) is 2.49. The van der Waals surface area contributed by atoms with E-state index in [0.29, 0.717) is 0 Å². The third kappa shape index (κ3) is 7.86. The first-order chi connectivity index (χ1) is 43.9. The first-order valence-corrected chi connectivity index (χ1v) is 30.9. The lowest BCUT2D eigenvalue weighted by Gasteiger charge is -2.29. The van der Waals surface area contributed by atoms with Gasteiger partial charge in [0.05, 0.1) is 38.8 Å². The molecule has 1 aliphatic rings.